The number of benzene rings is 3. The molecule has 8 heteroatoms. The molecule has 0 spiro atoms. The number of carbonyl (C=O) groups is 1. The molecule has 0 amide bonds. The number of para-hydroxylation sites is 1. The standard InChI is InChI=1S/C29H25N5O3/c1-31(2)29-24(18-30)23(17-26(35)19-9-5-4-6-10-19)27-28(22-11-7-8-12-25(22)32(27)3)33(29)20-13-15-21(16-14-20)34(36)37/h4-16,23H,17H2,1-3H3/t23-/m1/s1. The van der Waals surface area contributed by atoms with Gasteiger partial charge in [-0.25, -0.2) is 0 Å². The molecule has 0 unspecified atom stereocenters. The average molecular weight is 492 g/mol. The molecule has 1 atom stereocenters. The zero-order valence-corrected chi connectivity index (χ0v) is 20.8. The summed E-state index contributed by atoms with van der Waals surface area (Å²) in [6.45, 7) is 0. The third-order valence-corrected chi connectivity index (χ3v) is 6.83. The van der Waals surface area contributed by atoms with Gasteiger partial charge in [0.15, 0.2) is 5.78 Å². The molecule has 2 heterocycles. The number of rotatable bonds is 6. The number of hydrogen-bond donors (Lipinski definition) is 0. The van der Waals surface area contributed by atoms with Crippen molar-refractivity contribution < 1.29 is 9.72 Å². The van der Waals surface area contributed by atoms with E-state index in [1.807, 2.05) is 73.4 Å². The zero-order chi connectivity index (χ0) is 26.3. The van der Waals surface area contributed by atoms with Gasteiger partial charge in [0.2, 0.25) is 0 Å². The van der Waals surface area contributed by atoms with Crippen molar-refractivity contribution in [3.63, 3.8) is 0 Å². The molecule has 0 N–H and O–H groups in total. The predicted molar refractivity (Wildman–Crippen MR) is 143 cm³/mol. The van der Waals surface area contributed by atoms with E-state index in [1.54, 1.807) is 24.3 Å². The fourth-order valence-electron chi connectivity index (χ4n) is 5.22. The van der Waals surface area contributed by atoms with E-state index in [1.165, 1.54) is 12.1 Å². The second-order valence-corrected chi connectivity index (χ2v) is 9.21. The number of non-ortho nitro benzene ring substituents is 1. The Labute approximate surface area is 214 Å². The van der Waals surface area contributed by atoms with Crippen LogP contribution in [0.15, 0.2) is 90.3 Å². The van der Waals surface area contributed by atoms with Crippen LogP contribution in [0.5, 0.6) is 0 Å². The highest BCUT2D eigenvalue weighted by Crippen LogP contribution is 2.51. The molecule has 0 radical (unpaired) electrons. The van der Waals surface area contributed by atoms with Crippen molar-refractivity contribution in [2.45, 2.75) is 12.3 Å². The molecule has 184 valence electrons. The van der Waals surface area contributed by atoms with Crippen LogP contribution in [-0.4, -0.2) is 34.3 Å². The van der Waals surface area contributed by atoms with Gasteiger partial charge in [-0.05, 0) is 18.2 Å². The molecule has 37 heavy (non-hydrogen) atoms. The highest BCUT2D eigenvalue weighted by Gasteiger charge is 2.40. The normalized spacial score (nSPS) is 14.9. The lowest BCUT2D eigenvalue weighted by atomic mass is 9.85. The van der Waals surface area contributed by atoms with E-state index in [2.05, 4.69) is 10.6 Å². The summed E-state index contributed by atoms with van der Waals surface area (Å²) >= 11 is 0. The van der Waals surface area contributed by atoms with Gasteiger partial charge in [0.05, 0.1) is 33.5 Å². The Balaban J connectivity index is 1.79. The van der Waals surface area contributed by atoms with Crippen LogP contribution in [0, 0.1) is 21.4 Å². The highest BCUT2D eigenvalue weighted by atomic mass is 16.6. The van der Waals surface area contributed by atoms with Crippen LogP contribution in [0.4, 0.5) is 17.1 Å². The largest absolute Gasteiger partial charge is 0.363 e. The maximum atomic E-state index is 13.4. The van der Waals surface area contributed by atoms with Gasteiger partial charge in [-0.1, -0.05) is 48.5 Å². The molecule has 0 saturated heterocycles. The Morgan fingerprint density at radius 3 is 2.30 bits per heavy atom. The molecule has 3 aromatic carbocycles. The zero-order valence-electron chi connectivity index (χ0n) is 20.8. The van der Waals surface area contributed by atoms with Crippen LogP contribution < -0.4 is 4.90 Å². The van der Waals surface area contributed by atoms with Crippen LogP contribution in [0.2, 0.25) is 0 Å². The van der Waals surface area contributed by atoms with Crippen LogP contribution in [0.25, 0.3) is 10.9 Å². The molecular formula is C29H25N5O3. The Bertz CT molecular complexity index is 1590. The number of ketones is 1. The Morgan fingerprint density at radius 1 is 1.03 bits per heavy atom. The minimum atomic E-state index is -0.475. The van der Waals surface area contributed by atoms with Crippen molar-refractivity contribution in [2.24, 2.45) is 7.05 Å². The Hall–Kier alpha value is -4.90. The van der Waals surface area contributed by atoms with Gasteiger partial charge in [0, 0.05) is 62.3 Å². The highest BCUT2D eigenvalue weighted by molar-refractivity contribution is 6.02. The number of nitrogens with zero attached hydrogens (tertiary/aromatic N) is 5. The van der Waals surface area contributed by atoms with Crippen molar-refractivity contribution in [1.29, 1.82) is 5.26 Å². The molecule has 0 aliphatic carbocycles. The smallest absolute Gasteiger partial charge is 0.269 e. The molecule has 0 bridgehead atoms. The van der Waals surface area contributed by atoms with E-state index in [-0.39, 0.29) is 17.9 Å². The summed E-state index contributed by atoms with van der Waals surface area (Å²) in [6.07, 6.45) is 0.134. The van der Waals surface area contributed by atoms with Crippen molar-refractivity contribution in [1.82, 2.24) is 9.47 Å². The van der Waals surface area contributed by atoms with Gasteiger partial charge in [-0.2, -0.15) is 5.26 Å². The fraction of sp³-hybridized carbons (Fsp3) is 0.172. The number of fused-ring (bicyclic) bond motifs is 3. The molecular weight excluding hydrogens is 466 g/mol. The number of nitro groups is 1. The Kier molecular flexibility index (Phi) is 5.98. The third kappa shape index (κ3) is 3.91. The molecule has 8 nitrogen and oxygen atoms in total. The topological polar surface area (TPSA) is 95.4 Å². The predicted octanol–water partition coefficient (Wildman–Crippen LogP) is 5.89. The number of nitriles is 1. The summed E-state index contributed by atoms with van der Waals surface area (Å²) in [5.74, 6) is 0.110. The number of allylic oxidation sites excluding steroid dienone is 1. The average Bonchev–Trinajstić information content (AvgIpc) is 3.21. The maximum absolute atomic E-state index is 13.4. The third-order valence-electron chi connectivity index (χ3n) is 6.83. The summed E-state index contributed by atoms with van der Waals surface area (Å²) < 4.78 is 2.05. The molecule has 1 aliphatic heterocycles. The van der Waals surface area contributed by atoms with Crippen molar-refractivity contribution in [3.05, 3.63) is 112 Å². The van der Waals surface area contributed by atoms with Crippen LogP contribution >= 0.6 is 0 Å². The summed E-state index contributed by atoms with van der Waals surface area (Å²) in [6, 6.07) is 25.8. The fourth-order valence-corrected chi connectivity index (χ4v) is 5.22. The van der Waals surface area contributed by atoms with Gasteiger partial charge in [-0.15, -0.1) is 0 Å². The first-order valence-corrected chi connectivity index (χ1v) is 11.8. The number of Topliss-reactive ketones (excluding diaryl/α,β-unsaturated/α-hetero) is 1. The van der Waals surface area contributed by atoms with Gasteiger partial charge in [-0.3, -0.25) is 19.8 Å². The van der Waals surface area contributed by atoms with E-state index in [9.17, 15) is 20.2 Å². The summed E-state index contributed by atoms with van der Waals surface area (Å²) in [4.78, 5) is 28.1. The van der Waals surface area contributed by atoms with Gasteiger partial charge >= 0.3 is 0 Å². The summed E-state index contributed by atoms with van der Waals surface area (Å²) in [5.41, 5.74) is 4.42. The minimum Gasteiger partial charge on any atom is -0.363 e. The number of nitro benzene ring substituents is 1. The molecule has 4 aromatic rings. The second-order valence-electron chi connectivity index (χ2n) is 9.21. The van der Waals surface area contributed by atoms with E-state index in [0.29, 0.717) is 22.6 Å². The number of hydrogen-bond acceptors (Lipinski definition) is 6. The van der Waals surface area contributed by atoms with Crippen molar-refractivity contribution >= 4 is 33.7 Å². The van der Waals surface area contributed by atoms with Gasteiger partial charge < -0.3 is 9.47 Å². The lowest BCUT2D eigenvalue weighted by Crippen LogP contribution is -2.35. The van der Waals surface area contributed by atoms with Crippen LogP contribution in [0.3, 0.4) is 0 Å². The van der Waals surface area contributed by atoms with Crippen molar-refractivity contribution in [2.75, 3.05) is 19.0 Å². The molecule has 1 aromatic heterocycles. The second kappa shape index (κ2) is 9.28. The van der Waals surface area contributed by atoms with E-state index >= 15 is 0 Å². The number of aromatic nitrogens is 1. The monoisotopic (exact) mass is 491 g/mol. The Morgan fingerprint density at radius 2 is 1.68 bits per heavy atom. The lowest BCUT2D eigenvalue weighted by Gasteiger charge is -2.39. The van der Waals surface area contributed by atoms with Crippen molar-refractivity contribution in [3.8, 4) is 6.07 Å². The molecule has 0 fully saturated rings. The van der Waals surface area contributed by atoms with Gasteiger partial charge in [0.1, 0.15) is 5.82 Å². The van der Waals surface area contributed by atoms with Crippen LogP contribution in [-0.2, 0) is 7.05 Å². The first-order chi connectivity index (χ1) is 17.8. The quantitative estimate of drug-likeness (QED) is 0.190. The number of anilines is 2. The van der Waals surface area contributed by atoms with E-state index in [0.717, 1.165) is 22.3 Å². The summed E-state index contributed by atoms with van der Waals surface area (Å²) in [7, 11) is 5.67. The summed E-state index contributed by atoms with van der Waals surface area (Å²) in [5, 5.41) is 22.7. The first kappa shape index (κ1) is 23.8. The van der Waals surface area contributed by atoms with Gasteiger partial charge in [0.25, 0.3) is 5.69 Å². The lowest BCUT2D eigenvalue weighted by molar-refractivity contribution is -0.384. The molecule has 1 aliphatic rings. The molecule has 5 rings (SSSR count). The maximum Gasteiger partial charge on any atom is 0.269 e. The van der Waals surface area contributed by atoms with E-state index in [4.69, 9.17) is 0 Å². The first-order valence-electron chi connectivity index (χ1n) is 11.8. The number of aryl methyl sites for hydroxylation is 1. The SMILES string of the molecule is CN(C)C1=C(C#N)[C@@H](CC(=O)c2ccccc2)c2c(c3ccccc3n2C)N1c1ccc([N+](=O)[O-])cc1. The minimum absolute atomic E-state index is 0.0128. The van der Waals surface area contributed by atoms with Crippen LogP contribution in [0.1, 0.15) is 28.4 Å². The number of carbonyl (C=O) groups excluding carboxylic acids is 1. The molecule has 0 saturated carbocycles. The van der Waals surface area contributed by atoms with E-state index < -0.39 is 10.8 Å².